The first-order valence-electron chi connectivity index (χ1n) is 7.53. The van der Waals surface area contributed by atoms with Crippen LogP contribution in [0, 0.1) is 0 Å². The van der Waals surface area contributed by atoms with Gasteiger partial charge in [0.15, 0.2) is 0 Å². The standard InChI is InChI=1S/C17H20N2O4S/c1-3-18-16-10-9-14(11-15(16)17(20)21)24(22,23)19-12(2)13-7-5-4-6-8-13/h4-12,18-19H,3H2,1-2H3,(H,20,21)/t12-/m1/s1. The first-order valence-corrected chi connectivity index (χ1v) is 9.02. The Kier molecular flexibility index (Phi) is 5.58. The molecule has 6 nitrogen and oxygen atoms in total. The molecule has 0 aliphatic rings. The molecule has 128 valence electrons. The van der Waals surface area contributed by atoms with Crippen LogP contribution in [-0.4, -0.2) is 26.0 Å². The number of benzene rings is 2. The molecule has 0 saturated heterocycles. The van der Waals surface area contributed by atoms with Gasteiger partial charge in [0.2, 0.25) is 10.0 Å². The molecule has 0 unspecified atom stereocenters. The van der Waals surface area contributed by atoms with Crippen molar-refractivity contribution in [2.24, 2.45) is 0 Å². The third-order valence-corrected chi connectivity index (χ3v) is 5.07. The molecule has 0 saturated carbocycles. The van der Waals surface area contributed by atoms with Crippen molar-refractivity contribution in [1.82, 2.24) is 4.72 Å². The summed E-state index contributed by atoms with van der Waals surface area (Å²) in [5.74, 6) is -1.18. The Morgan fingerprint density at radius 3 is 2.42 bits per heavy atom. The lowest BCUT2D eigenvalue weighted by Gasteiger charge is -2.16. The Bertz CT molecular complexity index is 820. The summed E-state index contributed by atoms with van der Waals surface area (Å²) in [7, 11) is -3.84. The lowest BCUT2D eigenvalue weighted by atomic mass is 10.1. The Labute approximate surface area is 141 Å². The molecule has 1 atom stereocenters. The van der Waals surface area contributed by atoms with Gasteiger partial charge in [0, 0.05) is 18.3 Å². The zero-order chi connectivity index (χ0) is 17.7. The summed E-state index contributed by atoms with van der Waals surface area (Å²) < 4.78 is 27.6. The molecule has 0 aliphatic carbocycles. The van der Waals surface area contributed by atoms with Gasteiger partial charge in [0.1, 0.15) is 0 Å². The summed E-state index contributed by atoms with van der Waals surface area (Å²) in [6.45, 7) is 4.10. The van der Waals surface area contributed by atoms with E-state index in [9.17, 15) is 18.3 Å². The minimum absolute atomic E-state index is 0.0768. The first-order chi connectivity index (χ1) is 11.3. The van der Waals surface area contributed by atoms with E-state index in [0.717, 1.165) is 5.56 Å². The van der Waals surface area contributed by atoms with Gasteiger partial charge in [0.05, 0.1) is 10.5 Å². The predicted molar refractivity (Wildman–Crippen MR) is 92.7 cm³/mol. The Morgan fingerprint density at radius 1 is 1.17 bits per heavy atom. The largest absolute Gasteiger partial charge is 0.478 e. The number of carboxylic acids is 1. The fourth-order valence-corrected chi connectivity index (χ4v) is 3.58. The maximum atomic E-state index is 12.5. The van der Waals surface area contributed by atoms with Crippen molar-refractivity contribution in [1.29, 1.82) is 0 Å². The van der Waals surface area contributed by atoms with Crippen LogP contribution in [0.3, 0.4) is 0 Å². The molecule has 3 N–H and O–H groups in total. The molecule has 0 amide bonds. The van der Waals surface area contributed by atoms with Gasteiger partial charge in [-0.15, -0.1) is 0 Å². The van der Waals surface area contributed by atoms with E-state index in [2.05, 4.69) is 10.0 Å². The van der Waals surface area contributed by atoms with Crippen molar-refractivity contribution in [3.05, 3.63) is 59.7 Å². The van der Waals surface area contributed by atoms with Crippen LogP contribution < -0.4 is 10.0 Å². The van der Waals surface area contributed by atoms with Crippen LogP contribution in [0.2, 0.25) is 0 Å². The Morgan fingerprint density at radius 2 is 1.83 bits per heavy atom. The molecule has 0 radical (unpaired) electrons. The van der Waals surface area contributed by atoms with E-state index in [1.807, 2.05) is 37.3 Å². The second-order valence-corrected chi connectivity index (χ2v) is 7.01. The number of sulfonamides is 1. The summed E-state index contributed by atoms with van der Waals surface area (Å²) in [5.41, 5.74) is 1.14. The van der Waals surface area contributed by atoms with Crippen molar-refractivity contribution in [3.8, 4) is 0 Å². The first kappa shape index (κ1) is 18.0. The molecule has 0 fully saturated rings. The molecule has 2 aromatic carbocycles. The highest BCUT2D eigenvalue weighted by Gasteiger charge is 2.21. The molecule has 24 heavy (non-hydrogen) atoms. The molecule has 0 heterocycles. The molecule has 7 heteroatoms. The number of aromatic carboxylic acids is 1. The van der Waals surface area contributed by atoms with Crippen molar-refractivity contribution in [2.45, 2.75) is 24.8 Å². The summed E-state index contributed by atoms with van der Waals surface area (Å²) in [6.07, 6.45) is 0. The lowest BCUT2D eigenvalue weighted by Crippen LogP contribution is -2.27. The number of hydrogen-bond donors (Lipinski definition) is 3. The summed E-state index contributed by atoms with van der Waals surface area (Å²) in [4.78, 5) is 11.3. The summed E-state index contributed by atoms with van der Waals surface area (Å²) in [6, 6.07) is 12.7. The van der Waals surface area contributed by atoms with E-state index in [4.69, 9.17) is 0 Å². The maximum Gasteiger partial charge on any atom is 0.337 e. The average Bonchev–Trinajstić information content (AvgIpc) is 2.55. The number of rotatable bonds is 7. The van der Waals surface area contributed by atoms with Gasteiger partial charge < -0.3 is 10.4 Å². The monoisotopic (exact) mass is 348 g/mol. The topological polar surface area (TPSA) is 95.5 Å². The summed E-state index contributed by atoms with van der Waals surface area (Å²) >= 11 is 0. The van der Waals surface area contributed by atoms with Gasteiger partial charge in [-0.3, -0.25) is 0 Å². The van der Waals surface area contributed by atoms with E-state index in [0.29, 0.717) is 12.2 Å². The zero-order valence-electron chi connectivity index (χ0n) is 13.5. The number of anilines is 1. The number of carboxylic acid groups (broad SMARTS) is 1. The van der Waals surface area contributed by atoms with Crippen LogP contribution in [0.25, 0.3) is 0 Å². The maximum absolute atomic E-state index is 12.5. The molecule has 0 aromatic heterocycles. The smallest absolute Gasteiger partial charge is 0.337 e. The van der Waals surface area contributed by atoms with Gasteiger partial charge >= 0.3 is 5.97 Å². The van der Waals surface area contributed by atoms with E-state index in [1.54, 1.807) is 6.92 Å². The Hall–Kier alpha value is -2.38. The fraction of sp³-hybridized carbons (Fsp3) is 0.235. The molecule has 0 bridgehead atoms. The highest BCUT2D eigenvalue weighted by molar-refractivity contribution is 7.89. The molecular formula is C17H20N2O4S. The summed E-state index contributed by atoms with van der Waals surface area (Å²) in [5, 5.41) is 12.2. The lowest BCUT2D eigenvalue weighted by molar-refractivity contribution is 0.0697. The minimum Gasteiger partial charge on any atom is -0.478 e. The SMILES string of the molecule is CCNc1ccc(S(=O)(=O)N[C@H](C)c2ccccc2)cc1C(=O)O. The average molecular weight is 348 g/mol. The fourth-order valence-electron chi connectivity index (χ4n) is 2.32. The van der Waals surface area contributed by atoms with Crippen LogP contribution in [0.1, 0.15) is 35.8 Å². The predicted octanol–water partition coefficient (Wildman–Crippen LogP) is 2.86. The second kappa shape index (κ2) is 7.46. The minimum atomic E-state index is -3.84. The van der Waals surface area contributed by atoms with Crippen molar-refractivity contribution in [2.75, 3.05) is 11.9 Å². The number of hydrogen-bond acceptors (Lipinski definition) is 4. The van der Waals surface area contributed by atoms with E-state index >= 15 is 0 Å². The third kappa shape index (κ3) is 4.12. The van der Waals surface area contributed by atoms with Crippen LogP contribution in [0.15, 0.2) is 53.4 Å². The second-order valence-electron chi connectivity index (χ2n) is 5.30. The molecule has 2 aromatic rings. The molecule has 0 spiro atoms. The third-order valence-electron chi connectivity index (χ3n) is 3.53. The quantitative estimate of drug-likeness (QED) is 0.715. The number of nitrogens with one attached hydrogen (secondary N) is 2. The van der Waals surface area contributed by atoms with Crippen LogP contribution in [0.5, 0.6) is 0 Å². The van der Waals surface area contributed by atoms with E-state index in [-0.39, 0.29) is 10.5 Å². The number of carbonyl (C=O) groups is 1. The Balaban J connectivity index is 2.32. The van der Waals surface area contributed by atoms with Crippen LogP contribution in [-0.2, 0) is 10.0 Å². The molecule has 0 aliphatic heterocycles. The molecular weight excluding hydrogens is 328 g/mol. The van der Waals surface area contributed by atoms with E-state index in [1.165, 1.54) is 18.2 Å². The van der Waals surface area contributed by atoms with Crippen molar-refractivity contribution >= 4 is 21.7 Å². The van der Waals surface area contributed by atoms with Crippen LogP contribution in [0.4, 0.5) is 5.69 Å². The van der Waals surface area contributed by atoms with Gasteiger partial charge in [0.25, 0.3) is 0 Å². The van der Waals surface area contributed by atoms with Crippen molar-refractivity contribution in [3.63, 3.8) is 0 Å². The molecule has 2 rings (SSSR count). The van der Waals surface area contributed by atoms with Gasteiger partial charge in [-0.05, 0) is 37.6 Å². The van der Waals surface area contributed by atoms with Gasteiger partial charge in [-0.2, -0.15) is 0 Å². The highest BCUT2D eigenvalue weighted by Crippen LogP contribution is 2.22. The van der Waals surface area contributed by atoms with Gasteiger partial charge in [-0.25, -0.2) is 17.9 Å². The normalized spacial score (nSPS) is 12.6. The highest BCUT2D eigenvalue weighted by atomic mass is 32.2. The van der Waals surface area contributed by atoms with Crippen LogP contribution >= 0.6 is 0 Å². The van der Waals surface area contributed by atoms with Crippen molar-refractivity contribution < 1.29 is 18.3 Å². The van der Waals surface area contributed by atoms with E-state index < -0.39 is 22.0 Å². The van der Waals surface area contributed by atoms with Gasteiger partial charge in [-0.1, -0.05) is 30.3 Å². The zero-order valence-corrected chi connectivity index (χ0v) is 14.3.